The number of benzene rings is 1. The fourth-order valence-electron chi connectivity index (χ4n) is 2.46. The number of amides is 2. The van der Waals surface area contributed by atoms with Crippen LogP contribution in [0.1, 0.15) is 10.5 Å². The molecule has 23 heavy (non-hydrogen) atoms. The third-order valence-corrected chi connectivity index (χ3v) is 3.52. The van der Waals surface area contributed by atoms with Crippen LogP contribution in [0.25, 0.3) is 5.65 Å². The van der Waals surface area contributed by atoms with Crippen LogP contribution in [0.2, 0.25) is 0 Å². The third-order valence-electron chi connectivity index (χ3n) is 3.52. The van der Waals surface area contributed by atoms with Gasteiger partial charge in [0.15, 0.2) is 6.61 Å². The Morgan fingerprint density at radius 1 is 1.30 bits per heavy atom. The van der Waals surface area contributed by atoms with Gasteiger partial charge >= 0.3 is 0 Å². The highest BCUT2D eigenvalue weighted by atomic mass is 16.5. The second kappa shape index (κ2) is 5.13. The minimum atomic E-state index is -0.285. The molecule has 4 rings (SSSR count). The largest absolute Gasteiger partial charge is 0.482 e. The van der Waals surface area contributed by atoms with E-state index in [0.29, 0.717) is 28.5 Å². The molecule has 0 saturated carbocycles. The summed E-state index contributed by atoms with van der Waals surface area (Å²) in [4.78, 5) is 28.0. The average molecular weight is 308 g/mol. The van der Waals surface area contributed by atoms with Crippen LogP contribution in [0, 0.1) is 0 Å². The Kier molecular flexibility index (Phi) is 2.97. The lowest BCUT2D eigenvalue weighted by Gasteiger charge is -2.18. The quantitative estimate of drug-likeness (QED) is 0.757. The lowest BCUT2D eigenvalue weighted by Crippen LogP contribution is -2.25. The number of nitrogens with one attached hydrogen (secondary N) is 2. The summed E-state index contributed by atoms with van der Waals surface area (Å²) in [5, 5.41) is 5.50. The Labute approximate surface area is 130 Å². The highest BCUT2D eigenvalue weighted by Gasteiger charge is 2.17. The molecule has 0 bridgehead atoms. The molecule has 1 aromatic carbocycles. The second-order valence-corrected chi connectivity index (χ2v) is 5.07. The van der Waals surface area contributed by atoms with Crippen LogP contribution in [-0.2, 0) is 4.79 Å². The number of anilines is 2. The molecule has 0 spiro atoms. The zero-order chi connectivity index (χ0) is 15.8. The van der Waals surface area contributed by atoms with Crippen LogP contribution in [0.3, 0.4) is 0 Å². The predicted molar refractivity (Wildman–Crippen MR) is 83.7 cm³/mol. The first-order chi connectivity index (χ1) is 11.2. The van der Waals surface area contributed by atoms with Gasteiger partial charge in [0.05, 0.1) is 11.9 Å². The summed E-state index contributed by atoms with van der Waals surface area (Å²) in [6.07, 6.45) is 3.30. The van der Waals surface area contributed by atoms with Crippen LogP contribution in [0.5, 0.6) is 5.75 Å². The Balaban J connectivity index is 1.62. The number of aromatic nitrogens is 2. The van der Waals surface area contributed by atoms with E-state index >= 15 is 0 Å². The number of nitrogens with zero attached hydrogens (tertiary/aromatic N) is 2. The molecule has 2 aromatic heterocycles. The monoisotopic (exact) mass is 308 g/mol. The molecule has 3 heterocycles. The number of hydrogen-bond acceptors (Lipinski definition) is 4. The maximum atomic E-state index is 12.4. The number of fused-ring (bicyclic) bond motifs is 2. The van der Waals surface area contributed by atoms with Crippen molar-refractivity contribution in [3.63, 3.8) is 0 Å². The summed E-state index contributed by atoms with van der Waals surface area (Å²) in [5.74, 6) is 0.0758. The van der Waals surface area contributed by atoms with E-state index in [1.807, 2.05) is 18.2 Å². The smallest absolute Gasteiger partial charge is 0.274 e. The Morgan fingerprint density at radius 2 is 2.22 bits per heavy atom. The molecule has 3 aromatic rings. The van der Waals surface area contributed by atoms with Gasteiger partial charge in [-0.15, -0.1) is 0 Å². The van der Waals surface area contributed by atoms with E-state index in [2.05, 4.69) is 15.6 Å². The maximum Gasteiger partial charge on any atom is 0.274 e. The molecule has 2 amide bonds. The van der Waals surface area contributed by atoms with Crippen LogP contribution in [0.4, 0.5) is 11.4 Å². The van der Waals surface area contributed by atoms with E-state index in [9.17, 15) is 9.59 Å². The molecule has 1 aliphatic rings. The van der Waals surface area contributed by atoms with Gasteiger partial charge in [0.2, 0.25) is 0 Å². The Morgan fingerprint density at radius 3 is 3.13 bits per heavy atom. The third kappa shape index (κ3) is 2.38. The summed E-state index contributed by atoms with van der Waals surface area (Å²) in [5.41, 5.74) is 2.23. The lowest BCUT2D eigenvalue weighted by atomic mass is 10.2. The Bertz CT molecular complexity index is 932. The molecular weight excluding hydrogens is 296 g/mol. The van der Waals surface area contributed by atoms with Crippen LogP contribution in [-0.4, -0.2) is 27.8 Å². The van der Waals surface area contributed by atoms with Gasteiger partial charge in [-0.3, -0.25) is 14.0 Å². The topological polar surface area (TPSA) is 84.7 Å². The van der Waals surface area contributed by atoms with Crippen molar-refractivity contribution < 1.29 is 14.3 Å². The van der Waals surface area contributed by atoms with Crippen molar-refractivity contribution in [2.75, 3.05) is 17.2 Å². The second-order valence-electron chi connectivity index (χ2n) is 5.07. The minimum Gasteiger partial charge on any atom is -0.482 e. The summed E-state index contributed by atoms with van der Waals surface area (Å²) in [7, 11) is 0. The summed E-state index contributed by atoms with van der Waals surface area (Å²) in [6, 6.07) is 10.6. The van der Waals surface area contributed by atoms with Crippen LogP contribution >= 0.6 is 0 Å². The molecule has 1 aliphatic heterocycles. The lowest BCUT2D eigenvalue weighted by molar-refractivity contribution is -0.118. The molecule has 0 saturated heterocycles. The number of imidazole rings is 1. The molecule has 114 valence electrons. The van der Waals surface area contributed by atoms with Crippen molar-refractivity contribution in [2.24, 2.45) is 0 Å². The number of carbonyl (C=O) groups excluding carboxylic acids is 2. The highest BCUT2D eigenvalue weighted by Crippen LogP contribution is 2.30. The number of hydrogen-bond donors (Lipinski definition) is 2. The van der Waals surface area contributed by atoms with Gasteiger partial charge < -0.3 is 15.4 Å². The van der Waals surface area contributed by atoms with E-state index in [4.69, 9.17) is 4.74 Å². The number of pyridine rings is 1. The highest BCUT2D eigenvalue weighted by molar-refractivity contribution is 6.04. The van der Waals surface area contributed by atoms with Crippen molar-refractivity contribution in [2.45, 2.75) is 0 Å². The van der Waals surface area contributed by atoms with Crippen molar-refractivity contribution in [1.29, 1.82) is 0 Å². The zero-order valence-electron chi connectivity index (χ0n) is 11.9. The fraction of sp³-hybridized carbons (Fsp3) is 0.0625. The van der Waals surface area contributed by atoms with E-state index in [0.717, 1.165) is 0 Å². The SMILES string of the molecule is O=C1COc2ccc(NC(=O)c3cnc4ccccn34)cc2N1. The Hall–Kier alpha value is -3.35. The maximum absolute atomic E-state index is 12.4. The fourth-order valence-corrected chi connectivity index (χ4v) is 2.46. The normalized spacial score (nSPS) is 13.1. The van der Waals surface area contributed by atoms with Crippen LogP contribution in [0.15, 0.2) is 48.8 Å². The van der Waals surface area contributed by atoms with Gasteiger partial charge in [-0.25, -0.2) is 4.98 Å². The minimum absolute atomic E-state index is 0.000516. The van der Waals surface area contributed by atoms with Crippen LogP contribution < -0.4 is 15.4 Å². The van der Waals surface area contributed by atoms with Gasteiger partial charge in [0.25, 0.3) is 11.8 Å². The van der Waals surface area contributed by atoms with Crippen molar-refractivity contribution >= 4 is 28.8 Å². The first-order valence-electron chi connectivity index (χ1n) is 7.01. The number of rotatable bonds is 2. The van der Waals surface area contributed by atoms with Crippen molar-refractivity contribution in [1.82, 2.24) is 9.38 Å². The van der Waals surface area contributed by atoms with E-state index < -0.39 is 0 Å². The average Bonchev–Trinajstić information content (AvgIpc) is 2.98. The molecule has 0 fully saturated rings. The van der Waals surface area contributed by atoms with Crippen molar-refractivity contribution in [3.8, 4) is 5.75 Å². The number of carbonyl (C=O) groups is 2. The van der Waals surface area contributed by atoms with E-state index in [1.165, 1.54) is 6.20 Å². The van der Waals surface area contributed by atoms with E-state index in [1.54, 1.807) is 28.8 Å². The molecule has 0 radical (unpaired) electrons. The standard InChI is InChI=1S/C16H12N4O3/c21-15-9-23-13-5-4-10(7-11(13)19-15)18-16(22)12-8-17-14-3-1-2-6-20(12)14/h1-8H,9H2,(H,18,22)(H,19,21). The molecule has 2 N–H and O–H groups in total. The van der Waals surface area contributed by atoms with Gasteiger partial charge in [-0.2, -0.15) is 0 Å². The summed E-state index contributed by atoms with van der Waals surface area (Å²) >= 11 is 0. The van der Waals surface area contributed by atoms with Gasteiger partial charge in [0, 0.05) is 11.9 Å². The van der Waals surface area contributed by atoms with Gasteiger partial charge in [-0.05, 0) is 30.3 Å². The molecule has 7 heteroatoms. The number of ether oxygens (including phenoxy) is 1. The predicted octanol–water partition coefficient (Wildman–Crippen LogP) is 1.92. The first-order valence-corrected chi connectivity index (χ1v) is 7.01. The molecular formula is C16H12N4O3. The van der Waals surface area contributed by atoms with Gasteiger partial charge in [-0.1, -0.05) is 6.07 Å². The molecule has 0 atom stereocenters. The van der Waals surface area contributed by atoms with E-state index in [-0.39, 0.29) is 18.4 Å². The molecule has 0 aliphatic carbocycles. The first kappa shape index (κ1) is 13.3. The summed E-state index contributed by atoms with van der Waals surface area (Å²) in [6.45, 7) is 0.000516. The molecule has 7 nitrogen and oxygen atoms in total. The van der Waals surface area contributed by atoms with Gasteiger partial charge in [0.1, 0.15) is 17.1 Å². The molecule has 0 unspecified atom stereocenters. The van der Waals surface area contributed by atoms with Crippen molar-refractivity contribution in [3.05, 3.63) is 54.5 Å². The summed E-state index contributed by atoms with van der Waals surface area (Å²) < 4.78 is 6.99. The zero-order valence-corrected chi connectivity index (χ0v) is 11.9.